The van der Waals surface area contributed by atoms with Crippen LogP contribution < -0.4 is 4.90 Å². The van der Waals surface area contributed by atoms with Gasteiger partial charge in [0.2, 0.25) is 5.88 Å². The second-order valence-electron chi connectivity index (χ2n) is 4.97. The number of aromatic amines is 1. The summed E-state index contributed by atoms with van der Waals surface area (Å²) in [6.45, 7) is 1.86. The number of aromatic nitrogens is 1. The van der Waals surface area contributed by atoms with Crippen LogP contribution in [0.3, 0.4) is 0 Å². The number of aliphatic imine (C=N–C) groups is 1. The number of halogens is 3. The summed E-state index contributed by atoms with van der Waals surface area (Å²) in [6.07, 6.45) is -4.42. The molecule has 2 aromatic rings. The molecule has 116 valence electrons. The van der Waals surface area contributed by atoms with Gasteiger partial charge >= 0.3 is 6.18 Å². The van der Waals surface area contributed by atoms with E-state index in [9.17, 15) is 23.4 Å². The first kappa shape index (κ1) is 14.3. The van der Waals surface area contributed by atoms with Crippen LogP contribution in [-0.4, -0.2) is 21.0 Å². The molecule has 1 aliphatic rings. The van der Waals surface area contributed by atoms with Crippen LogP contribution in [0.2, 0.25) is 0 Å². The van der Waals surface area contributed by atoms with Gasteiger partial charge in [-0.05, 0) is 24.6 Å². The van der Waals surface area contributed by atoms with Crippen molar-refractivity contribution < 1.29 is 23.4 Å². The minimum absolute atomic E-state index is 0.210. The third kappa shape index (κ3) is 2.36. The molecule has 3 N–H and O–H groups in total. The van der Waals surface area contributed by atoms with Crippen molar-refractivity contribution in [3.05, 3.63) is 35.4 Å². The molecule has 1 aromatic heterocycles. The third-order valence-electron chi connectivity index (χ3n) is 3.47. The van der Waals surface area contributed by atoms with Gasteiger partial charge in [0, 0.05) is 6.07 Å². The van der Waals surface area contributed by atoms with Gasteiger partial charge in [0.05, 0.1) is 17.8 Å². The van der Waals surface area contributed by atoms with Crippen LogP contribution >= 0.6 is 0 Å². The van der Waals surface area contributed by atoms with E-state index in [1.807, 2.05) is 0 Å². The van der Waals surface area contributed by atoms with Crippen molar-refractivity contribution in [2.45, 2.75) is 19.6 Å². The first-order valence-electron chi connectivity index (χ1n) is 6.39. The zero-order chi connectivity index (χ0) is 16.1. The van der Waals surface area contributed by atoms with Gasteiger partial charge in [-0.25, -0.2) is 4.99 Å². The summed E-state index contributed by atoms with van der Waals surface area (Å²) in [7, 11) is 0. The van der Waals surface area contributed by atoms with Crippen LogP contribution in [0.1, 0.15) is 18.1 Å². The number of hydrogen-bond donors (Lipinski definition) is 3. The quantitative estimate of drug-likeness (QED) is 0.754. The minimum Gasteiger partial charge on any atom is -0.494 e. The number of alkyl halides is 3. The summed E-state index contributed by atoms with van der Waals surface area (Å²) >= 11 is 0. The first-order chi connectivity index (χ1) is 10.3. The number of nitrogens with one attached hydrogen (secondary N) is 1. The molecular weight excluding hydrogens is 299 g/mol. The molecule has 0 saturated carbocycles. The van der Waals surface area contributed by atoms with Gasteiger partial charge in [0.1, 0.15) is 11.5 Å². The summed E-state index contributed by atoms with van der Waals surface area (Å²) in [6, 6.07) is 4.69. The first-order valence-corrected chi connectivity index (χ1v) is 6.39. The Morgan fingerprint density at radius 3 is 2.55 bits per heavy atom. The van der Waals surface area contributed by atoms with E-state index in [1.165, 1.54) is 12.1 Å². The van der Waals surface area contributed by atoms with E-state index in [2.05, 4.69) is 9.98 Å². The Balaban J connectivity index is 2.01. The molecule has 0 atom stereocenters. The van der Waals surface area contributed by atoms with Gasteiger partial charge in [-0.3, -0.25) is 4.98 Å². The molecule has 0 unspecified atom stereocenters. The molecule has 0 spiro atoms. The van der Waals surface area contributed by atoms with E-state index in [-0.39, 0.29) is 24.0 Å². The van der Waals surface area contributed by atoms with Crippen molar-refractivity contribution in [1.29, 1.82) is 0 Å². The fourth-order valence-corrected chi connectivity index (χ4v) is 2.38. The Morgan fingerprint density at radius 2 is 1.95 bits per heavy atom. The smallest absolute Gasteiger partial charge is 0.416 e. The summed E-state index contributed by atoms with van der Waals surface area (Å²) in [5, 5.41) is 19.1. The average molecular weight is 311 g/mol. The Hall–Kier alpha value is -2.64. The summed E-state index contributed by atoms with van der Waals surface area (Å²) in [5.74, 6) is -0.0259. The molecule has 0 amide bonds. The number of benzene rings is 1. The standard InChI is InChI=1S/C14H12F3N3O2/c1-7-18-10-4-9(14(15,16)17)3-2-8(10)6-20(7)11-5-12(21)19-13(11)22/h2-5,19,21-22H,6H2,1H3. The number of rotatable bonds is 1. The highest BCUT2D eigenvalue weighted by Gasteiger charge is 2.32. The average Bonchev–Trinajstić information content (AvgIpc) is 2.75. The molecule has 1 aliphatic heterocycles. The lowest BCUT2D eigenvalue weighted by atomic mass is 10.1. The topological polar surface area (TPSA) is 71.8 Å². The Labute approximate surface area is 123 Å². The van der Waals surface area contributed by atoms with Crippen LogP contribution in [0.4, 0.5) is 24.5 Å². The van der Waals surface area contributed by atoms with Crippen molar-refractivity contribution in [3.8, 4) is 11.8 Å². The third-order valence-corrected chi connectivity index (χ3v) is 3.47. The van der Waals surface area contributed by atoms with Crippen molar-refractivity contribution in [2.75, 3.05) is 4.90 Å². The zero-order valence-corrected chi connectivity index (χ0v) is 11.4. The van der Waals surface area contributed by atoms with Gasteiger partial charge in [-0.15, -0.1) is 0 Å². The van der Waals surface area contributed by atoms with Gasteiger partial charge in [0.25, 0.3) is 0 Å². The molecule has 3 rings (SSSR count). The minimum atomic E-state index is -4.42. The van der Waals surface area contributed by atoms with E-state index < -0.39 is 11.7 Å². The zero-order valence-electron chi connectivity index (χ0n) is 11.4. The number of amidine groups is 1. The van der Waals surface area contributed by atoms with Gasteiger partial charge in [-0.2, -0.15) is 13.2 Å². The largest absolute Gasteiger partial charge is 0.494 e. The summed E-state index contributed by atoms with van der Waals surface area (Å²) < 4.78 is 38.2. The van der Waals surface area contributed by atoms with E-state index in [1.54, 1.807) is 11.8 Å². The molecule has 0 radical (unpaired) electrons. The predicted molar refractivity (Wildman–Crippen MR) is 74.5 cm³/mol. The lowest BCUT2D eigenvalue weighted by molar-refractivity contribution is -0.137. The van der Waals surface area contributed by atoms with Crippen molar-refractivity contribution >= 4 is 17.2 Å². The van der Waals surface area contributed by atoms with Crippen molar-refractivity contribution in [1.82, 2.24) is 4.98 Å². The molecular formula is C14H12F3N3O2. The molecule has 0 bridgehead atoms. The van der Waals surface area contributed by atoms with Crippen LogP contribution in [0.15, 0.2) is 29.3 Å². The molecule has 22 heavy (non-hydrogen) atoms. The fourth-order valence-electron chi connectivity index (χ4n) is 2.38. The second-order valence-corrected chi connectivity index (χ2v) is 4.97. The number of nitrogens with zero attached hydrogens (tertiary/aromatic N) is 2. The highest BCUT2D eigenvalue weighted by atomic mass is 19.4. The molecule has 0 saturated heterocycles. The SMILES string of the molecule is CC1=Nc2cc(C(F)(F)F)ccc2CN1c1cc(O)[nH]c1O. The molecule has 2 heterocycles. The number of hydrogen-bond acceptors (Lipinski definition) is 4. The number of anilines is 1. The fraction of sp³-hybridized carbons (Fsp3) is 0.214. The lowest BCUT2D eigenvalue weighted by Crippen LogP contribution is -2.30. The van der Waals surface area contributed by atoms with Gasteiger partial charge in [-0.1, -0.05) is 6.07 Å². The van der Waals surface area contributed by atoms with E-state index >= 15 is 0 Å². The van der Waals surface area contributed by atoms with Crippen LogP contribution in [0.25, 0.3) is 0 Å². The number of fused-ring (bicyclic) bond motifs is 1. The van der Waals surface area contributed by atoms with Crippen LogP contribution in [0.5, 0.6) is 11.8 Å². The summed E-state index contributed by atoms with van der Waals surface area (Å²) in [4.78, 5) is 8.11. The monoisotopic (exact) mass is 311 g/mol. The Kier molecular flexibility index (Phi) is 3.05. The maximum Gasteiger partial charge on any atom is 0.416 e. The van der Waals surface area contributed by atoms with E-state index in [0.29, 0.717) is 17.1 Å². The number of H-pyrrole nitrogens is 1. The van der Waals surface area contributed by atoms with Crippen LogP contribution in [0, 0.1) is 0 Å². The van der Waals surface area contributed by atoms with Crippen LogP contribution in [-0.2, 0) is 12.7 Å². The number of aromatic hydroxyl groups is 2. The Bertz CT molecular complexity index is 765. The normalized spacial score (nSPS) is 14.7. The van der Waals surface area contributed by atoms with Gasteiger partial charge < -0.3 is 15.1 Å². The molecule has 5 nitrogen and oxygen atoms in total. The van der Waals surface area contributed by atoms with E-state index in [4.69, 9.17) is 0 Å². The lowest BCUT2D eigenvalue weighted by Gasteiger charge is -2.28. The van der Waals surface area contributed by atoms with Gasteiger partial charge in [0.15, 0.2) is 5.88 Å². The maximum absolute atomic E-state index is 12.7. The Morgan fingerprint density at radius 1 is 1.23 bits per heavy atom. The molecule has 0 aliphatic carbocycles. The molecule has 8 heteroatoms. The predicted octanol–water partition coefficient (Wildman–Crippen LogP) is 3.51. The van der Waals surface area contributed by atoms with Crippen molar-refractivity contribution in [2.24, 2.45) is 4.99 Å². The van der Waals surface area contributed by atoms with E-state index in [0.717, 1.165) is 12.1 Å². The highest BCUT2D eigenvalue weighted by molar-refractivity contribution is 6.00. The maximum atomic E-state index is 12.7. The molecule has 0 fully saturated rings. The summed E-state index contributed by atoms with van der Waals surface area (Å²) in [5.41, 5.74) is 0.407. The van der Waals surface area contributed by atoms with Crippen molar-refractivity contribution in [3.63, 3.8) is 0 Å². The molecule has 1 aromatic carbocycles. The second kappa shape index (κ2) is 4.69. The highest BCUT2D eigenvalue weighted by Crippen LogP contribution is 2.38.